The quantitative estimate of drug-likeness (QED) is 0.895. The van der Waals surface area contributed by atoms with Crippen molar-refractivity contribution in [1.29, 1.82) is 0 Å². The number of para-hydroxylation sites is 1. The summed E-state index contributed by atoms with van der Waals surface area (Å²) >= 11 is 0. The maximum atomic E-state index is 12.0. The number of hydrogen-bond acceptors (Lipinski definition) is 2. The maximum absolute atomic E-state index is 12.0. The molecule has 2 N–H and O–H groups in total. The predicted molar refractivity (Wildman–Crippen MR) is 84.7 cm³/mol. The summed E-state index contributed by atoms with van der Waals surface area (Å²) in [4.78, 5) is 12.0. The highest BCUT2D eigenvalue weighted by atomic mass is 16.5. The summed E-state index contributed by atoms with van der Waals surface area (Å²) in [5.41, 5.74) is 2.87. The Bertz CT molecular complexity index is 608. The van der Waals surface area contributed by atoms with Crippen LogP contribution in [0, 0.1) is 6.92 Å². The van der Waals surface area contributed by atoms with Gasteiger partial charge in [0.2, 0.25) is 0 Å². The van der Waals surface area contributed by atoms with E-state index in [1.807, 2.05) is 62.4 Å². The summed E-state index contributed by atoms with van der Waals surface area (Å²) in [7, 11) is 1.63. The third-order valence-corrected chi connectivity index (χ3v) is 3.36. The van der Waals surface area contributed by atoms with Gasteiger partial charge in [-0.2, -0.15) is 0 Å². The van der Waals surface area contributed by atoms with E-state index in [4.69, 9.17) is 4.74 Å². The summed E-state index contributed by atoms with van der Waals surface area (Å²) in [5, 5.41) is 5.78. The van der Waals surface area contributed by atoms with Crippen molar-refractivity contribution in [2.45, 2.75) is 19.9 Å². The van der Waals surface area contributed by atoms with Crippen LogP contribution in [0.15, 0.2) is 48.5 Å². The number of carbonyl (C=O) groups excluding carboxylic acids is 1. The van der Waals surface area contributed by atoms with Gasteiger partial charge in [0.15, 0.2) is 0 Å². The largest absolute Gasteiger partial charge is 0.497 e. The molecule has 0 aliphatic heterocycles. The fourth-order valence-electron chi connectivity index (χ4n) is 2.04. The van der Waals surface area contributed by atoms with Gasteiger partial charge in [-0.25, -0.2) is 4.79 Å². The maximum Gasteiger partial charge on any atom is 0.319 e. The SMILES string of the molecule is COc1ccc([C@@H](C)NC(=O)Nc2ccccc2C)cc1. The Morgan fingerprint density at radius 3 is 2.38 bits per heavy atom. The van der Waals surface area contributed by atoms with Crippen LogP contribution in [0.4, 0.5) is 10.5 Å². The van der Waals surface area contributed by atoms with Crippen LogP contribution in [0.5, 0.6) is 5.75 Å². The molecule has 2 aromatic carbocycles. The predicted octanol–water partition coefficient (Wildman–Crippen LogP) is 3.89. The number of aryl methyl sites for hydroxylation is 1. The lowest BCUT2D eigenvalue weighted by molar-refractivity contribution is 0.249. The molecule has 0 saturated heterocycles. The van der Waals surface area contributed by atoms with E-state index in [2.05, 4.69) is 10.6 Å². The molecule has 0 radical (unpaired) electrons. The Morgan fingerprint density at radius 1 is 1.10 bits per heavy atom. The third kappa shape index (κ3) is 3.99. The van der Waals surface area contributed by atoms with E-state index in [1.54, 1.807) is 7.11 Å². The fourth-order valence-corrected chi connectivity index (χ4v) is 2.04. The zero-order valence-corrected chi connectivity index (χ0v) is 12.5. The first-order chi connectivity index (χ1) is 10.1. The van der Waals surface area contributed by atoms with Gasteiger partial charge in [-0.05, 0) is 43.2 Å². The number of rotatable bonds is 4. The smallest absolute Gasteiger partial charge is 0.319 e. The molecule has 0 unspecified atom stereocenters. The van der Waals surface area contributed by atoms with Gasteiger partial charge >= 0.3 is 6.03 Å². The summed E-state index contributed by atoms with van der Waals surface area (Å²) < 4.78 is 5.12. The average molecular weight is 284 g/mol. The van der Waals surface area contributed by atoms with E-state index in [1.165, 1.54) is 0 Å². The van der Waals surface area contributed by atoms with Crippen LogP contribution in [0.2, 0.25) is 0 Å². The Morgan fingerprint density at radius 2 is 1.76 bits per heavy atom. The van der Waals surface area contributed by atoms with Gasteiger partial charge in [0.05, 0.1) is 13.2 Å². The molecule has 4 heteroatoms. The Balaban J connectivity index is 1.97. The van der Waals surface area contributed by atoms with Crippen molar-refractivity contribution in [3.8, 4) is 5.75 Å². The first-order valence-electron chi connectivity index (χ1n) is 6.87. The van der Waals surface area contributed by atoms with Crippen LogP contribution < -0.4 is 15.4 Å². The first kappa shape index (κ1) is 14.9. The van der Waals surface area contributed by atoms with Crippen LogP contribution in [0.25, 0.3) is 0 Å². The molecule has 0 heterocycles. The number of nitrogens with one attached hydrogen (secondary N) is 2. The second kappa shape index (κ2) is 6.79. The summed E-state index contributed by atoms with van der Waals surface area (Å²) in [6.07, 6.45) is 0. The standard InChI is InChI=1S/C17H20N2O2/c1-12-6-4-5-7-16(12)19-17(20)18-13(2)14-8-10-15(21-3)11-9-14/h4-11,13H,1-3H3,(H2,18,19,20)/t13-/m1/s1. The number of amides is 2. The van der Waals surface area contributed by atoms with Crippen LogP contribution in [0.1, 0.15) is 24.1 Å². The molecule has 0 spiro atoms. The van der Waals surface area contributed by atoms with Crippen molar-refractivity contribution in [2.24, 2.45) is 0 Å². The zero-order chi connectivity index (χ0) is 15.2. The van der Waals surface area contributed by atoms with E-state index >= 15 is 0 Å². The second-order valence-corrected chi connectivity index (χ2v) is 4.91. The minimum atomic E-state index is -0.215. The molecule has 0 bridgehead atoms. The molecular weight excluding hydrogens is 264 g/mol. The summed E-state index contributed by atoms with van der Waals surface area (Å²) in [6.45, 7) is 3.90. The van der Waals surface area contributed by atoms with E-state index in [0.29, 0.717) is 0 Å². The lowest BCUT2D eigenvalue weighted by Gasteiger charge is -2.16. The minimum Gasteiger partial charge on any atom is -0.497 e. The molecule has 2 amide bonds. The fraction of sp³-hybridized carbons (Fsp3) is 0.235. The summed E-state index contributed by atoms with van der Waals surface area (Å²) in [5.74, 6) is 0.801. The lowest BCUT2D eigenvalue weighted by atomic mass is 10.1. The highest BCUT2D eigenvalue weighted by Crippen LogP contribution is 2.18. The monoisotopic (exact) mass is 284 g/mol. The Hall–Kier alpha value is -2.49. The molecule has 21 heavy (non-hydrogen) atoms. The number of urea groups is 1. The van der Waals surface area contributed by atoms with Crippen molar-refractivity contribution in [2.75, 3.05) is 12.4 Å². The van der Waals surface area contributed by atoms with Crippen LogP contribution in [0.3, 0.4) is 0 Å². The van der Waals surface area contributed by atoms with Crippen LogP contribution >= 0.6 is 0 Å². The van der Waals surface area contributed by atoms with Gasteiger partial charge < -0.3 is 15.4 Å². The van der Waals surface area contributed by atoms with Crippen molar-refractivity contribution < 1.29 is 9.53 Å². The molecular formula is C17H20N2O2. The van der Waals surface area contributed by atoms with Gasteiger partial charge in [-0.3, -0.25) is 0 Å². The molecule has 2 aromatic rings. The molecule has 1 atom stereocenters. The van der Waals surface area contributed by atoms with Crippen LogP contribution in [-0.4, -0.2) is 13.1 Å². The zero-order valence-electron chi connectivity index (χ0n) is 12.5. The second-order valence-electron chi connectivity index (χ2n) is 4.91. The molecule has 0 fully saturated rings. The van der Waals surface area contributed by atoms with Gasteiger partial charge in [0, 0.05) is 5.69 Å². The molecule has 110 valence electrons. The van der Waals surface area contributed by atoms with E-state index in [9.17, 15) is 4.79 Å². The van der Waals surface area contributed by atoms with Crippen molar-refractivity contribution in [1.82, 2.24) is 5.32 Å². The van der Waals surface area contributed by atoms with Crippen molar-refractivity contribution in [3.05, 3.63) is 59.7 Å². The average Bonchev–Trinajstić information content (AvgIpc) is 2.49. The normalized spacial score (nSPS) is 11.6. The number of carbonyl (C=O) groups is 1. The highest BCUT2D eigenvalue weighted by Gasteiger charge is 2.10. The number of hydrogen-bond donors (Lipinski definition) is 2. The lowest BCUT2D eigenvalue weighted by Crippen LogP contribution is -2.31. The van der Waals surface area contributed by atoms with Crippen molar-refractivity contribution >= 4 is 11.7 Å². The summed E-state index contributed by atoms with van der Waals surface area (Å²) in [6, 6.07) is 15.0. The van der Waals surface area contributed by atoms with E-state index in [-0.39, 0.29) is 12.1 Å². The molecule has 0 aliphatic carbocycles. The highest BCUT2D eigenvalue weighted by molar-refractivity contribution is 5.90. The Kier molecular flexibility index (Phi) is 4.82. The van der Waals surface area contributed by atoms with Gasteiger partial charge in [0.1, 0.15) is 5.75 Å². The molecule has 4 nitrogen and oxygen atoms in total. The topological polar surface area (TPSA) is 50.4 Å². The Labute approximate surface area is 125 Å². The molecule has 0 saturated carbocycles. The minimum absolute atomic E-state index is 0.0834. The number of benzene rings is 2. The van der Waals surface area contributed by atoms with Crippen molar-refractivity contribution in [3.63, 3.8) is 0 Å². The number of methoxy groups -OCH3 is 1. The third-order valence-electron chi connectivity index (χ3n) is 3.36. The van der Waals surface area contributed by atoms with E-state index in [0.717, 1.165) is 22.6 Å². The molecule has 0 aliphatic rings. The van der Waals surface area contributed by atoms with Crippen LogP contribution in [-0.2, 0) is 0 Å². The molecule has 0 aromatic heterocycles. The first-order valence-corrected chi connectivity index (χ1v) is 6.87. The van der Waals surface area contributed by atoms with E-state index < -0.39 is 0 Å². The number of anilines is 1. The van der Waals surface area contributed by atoms with Gasteiger partial charge in [-0.15, -0.1) is 0 Å². The van der Waals surface area contributed by atoms with Gasteiger partial charge in [0.25, 0.3) is 0 Å². The number of ether oxygens (including phenoxy) is 1. The van der Waals surface area contributed by atoms with Gasteiger partial charge in [-0.1, -0.05) is 30.3 Å². The molecule has 2 rings (SSSR count).